The Morgan fingerprint density at radius 1 is 1.29 bits per heavy atom. The summed E-state index contributed by atoms with van der Waals surface area (Å²) in [5.41, 5.74) is -0.166. The number of ketones is 1. The highest BCUT2D eigenvalue weighted by Crippen LogP contribution is 2.61. The highest BCUT2D eigenvalue weighted by molar-refractivity contribution is 6.45. The first-order valence-corrected chi connectivity index (χ1v) is 11.2. The van der Waals surface area contributed by atoms with E-state index in [1.54, 1.807) is 26.2 Å². The fourth-order valence-corrected chi connectivity index (χ4v) is 5.45. The summed E-state index contributed by atoms with van der Waals surface area (Å²) in [7, 11) is 1.50. The van der Waals surface area contributed by atoms with Crippen LogP contribution in [0.1, 0.15) is 41.0 Å². The standard InChI is InChI=1S/C24H29ClO6/c1-7-12(2)8-9-15-10-16-17(11-29-15)18-19-22(27)30-14(4)13(3)24(19,28-6)31-23(18,5)21(26)20(16)25/h8-14,18-19H,7H2,1-6H3. The maximum absolute atomic E-state index is 13.5. The van der Waals surface area contributed by atoms with Crippen LogP contribution in [0.15, 0.2) is 46.4 Å². The number of carbonyl (C=O) groups is 2. The lowest BCUT2D eigenvalue weighted by molar-refractivity contribution is -0.298. The summed E-state index contributed by atoms with van der Waals surface area (Å²) < 4.78 is 23.7. The number of fused-ring (bicyclic) bond motifs is 5. The van der Waals surface area contributed by atoms with Crippen molar-refractivity contribution in [1.29, 1.82) is 0 Å². The van der Waals surface area contributed by atoms with Gasteiger partial charge in [-0.2, -0.15) is 0 Å². The zero-order chi connectivity index (χ0) is 22.7. The minimum atomic E-state index is -1.37. The van der Waals surface area contributed by atoms with E-state index in [1.807, 2.05) is 19.1 Å². The van der Waals surface area contributed by atoms with Crippen molar-refractivity contribution in [3.05, 3.63) is 46.4 Å². The van der Waals surface area contributed by atoms with E-state index in [1.165, 1.54) is 7.11 Å². The maximum Gasteiger partial charge on any atom is 0.315 e. The molecule has 0 aromatic carbocycles. The van der Waals surface area contributed by atoms with Gasteiger partial charge < -0.3 is 18.9 Å². The molecule has 7 unspecified atom stereocenters. The topological polar surface area (TPSA) is 71.1 Å². The van der Waals surface area contributed by atoms with E-state index in [0.29, 0.717) is 22.8 Å². The minimum absolute atomic E-state index is 0.0710. The van der Waals surface area contributed by atoms with E-state index >= 15 is 0 Å². The van der Waals surface area contributed by atoms with Crippen LogP contribution >= 0.6 is 11.6 Å². The number of carbonyl (C=O) groups excluding carboxylic acids is 2. The Morgan fingerprint density at radius 3 is 2.65 bits per heavy atom. The highest BCUT2D eigenvalue weighted by Gasteiger charge is 2.73. The third-order valence-corrected chi connectivity index (χ3v) is 7.70. The van der Waals surface area contributed by atoms with Crippen molar-refractivity contribution in [2.24, 2.45) is 23.7 Å². The second kappa shape index (κ2) is 7.61. The van der Waals surface area contributed by atoms with Crippen LogP contribution in [0, 0.1) is 23.7 Å². The summed E-state index contributed by atoms with van der Waals surface area (Å²) in [4.78, 5) is 26.6. The maximum atomic E-state index is 13.5. The number of cyclic esters (lactones) is 1. The fraction of sp³-hybridized carbons (Fsp3) is 0.583. The molecule has 3 aliphatic heterocycles. The molecule has 0 radical (unpaired) electrons. The van der Waals surface area contributed by atoms with Gasteiger partial charge in [0, 0.05) is 30.1 Å². The lowest BCUT2D eigenvalue weighted by atomic mass is 9.65. The number of rotatable bonds is 4. The molecule has 6 nitrogen and oxygen atoms in total. The molecule has 7 heteroatoms. The third-order valence-electron chi connectivity index (χ3n) is 7.32. The van der Waals surface area contributed by atoms with Crippen LogP contribution < -0.4 is 0 Å². The van der Waals surface area contributed by atoms with Gasteiger partial charge in [0.05, 0.1) is 11.3 Å². The number of allylic oxidation sites excluding steroid dienone is 4. The molecule has 0 aromatic rings. The van der Waals surface area contributed by atoms with Gasteiger partial charge in [0.15, 0.2) is 5.79 Å². The van der Waals surface area contributed by atoms with Crippen LogP contribution in [-0.2, 0) is 28.5 Å². The zero-order valence-corrected chi connectivity index (χ0v) is 19.5. The molecule has 4 aliphatic rings. The van der Waals surface area contributed by atoms with Crippen molar-refractivity contribution in [2.75, 3.05) is 7.11 Å². The van der Waals surface area contributed by atoms with E-state index in [2.05, 4.69) is 13.8 Å². The molecule has 2 saturated heterocycles. The molecule has 0 aromatic heterocycles. The Balaban J connectivity index is 1.81. The van der Waals surface area contributed by atoms with Crippen molar-refractivity contribution in [3.8, 4) is 0 Å². The fourth-order valence-electron chi connectivity index (χ4n) is 5.10. The van der Waals surface area contributed by atoms with E-state index in [9.17, 15) is 9.59 Å². The Labute approximate surface area is 187 Å². The van der Waals surface area contributed by atoms with Crippen LogP contribution in [-0.4, -0.2) is 36.4 Å². The summed E-state index contributed by atoms with van der Waals surface area (Å²) >= 11 is 6.57. The van der Waals surface area contributed by atoms with E-state index in [-0.39, 0.29) is 16.7 Å². The van der Waals surface area contributed by atoms with E-state index < -0.39 is 35.3 Å². The number of ether oxygens (including phenoxy) is 4. The molecule has 0 bridgehead atoms. The number of esters is 1. The Kier molecular flexibility index (Phi) is 5.48. The zero-order valence-electron chi connectivity index (χ0n) is 18.7. The lowest BCUT2D eigenvalue weighted by Gasteiger charge is -2.44. The van der Waals surface area contributed by atoms with Crippen LogP contribution in [0.5, 0.6) is 0 Å². The molecule has 0 amide bonds. The van der Waals surface area contributed by atoms with Crippen molar-refractivity contribution in [2.45, 2.75) is 58.5 Å². The number of hydrogen-bond acceptors (Lipinski definition) is 6. The second-order valence-electron chi connectivity index (χ2n) is 9.06. The SMILES string of the molecule is CCC(C)C=CC1=CC2=C(Cl)C(=O)C3(C)OC4(OC)C(C)C(C)OC(=O)C4C3C2=CO1. The smallest absolute Gasteiger partial charge is 0.315 e. The predicted molar refractivity (Wildman–Crippen MR) is 115 cm³/mol. The quantitative estimate of drug-likeness (QED) is 0.593. The first kappa shape index (κ1) is 22.3. The second-order valence-corrected chi connectivity index (χ2v) is 9.44. The molecule has 4 rings (SSSR count). The molecule has 0 saturated carbocycles. The molecular weight excluding hydrogens is 420 g/mol. The average Bonchev–Trinajstić information content (AvgIpc) is 3.05. The first-order chi connectivity index (χ1) is 14.6. The van der Waals surface area contributed by atoms with E-state index in [4.69, 9.17) is 30.5 Å². The van der Waals surface area contributed by atoms with Gasteiger partial charge in [-0.3, -0.25) is 9.59 Å². The van der Waals surface area contributed by atoms with Gasteiger partial charge in [-0.1, -0.05) is 44.9 Å². The predicted octanol–water partition coefficient (Wildman–Crippen LogP) is 4.41. The minimum Gasteiger partial charge on any atom is -0.465 e. The Hall–Kier alpha value is -1.89. The largest absolute Gasteiger partial charge is 0.465 e. The van der Waals surface area contributed by atoms with Crippen molar-refractivity contribution in [1.82, 2.24) is 0 Å². The van der Waals surface area contributed by atoms with Crippen LogP contribution in [0.4, 0.5) is 0 Å². The van der Waals surface area contributed by atoms with Gasteiger partial charge in [0.2, 0.25) is 5.78 Å². The summed E-state index contributed by atoms with van der Waals surface area (Å²) in [5, 5.41) is 0.0710. The molecule has 31 heavy (non-hydrogen) atoms. The lowest BCUT2D eigenvalue weighted by Crippen LogP contribution is -2.57. The molecule has 1 aliphatic carbocycles. The summed E-state index contributed by atoms with van der Waals surface area (Å²) in [5.74, 6) is -2.88. The molecule has 2 fully saturated rings. The van der Waals surface area contributed by atoms with Gasteiger partial charge >= 0.3 is 5.97 Å². The van der Waals surface area contributed by atoms with Gasteiger partial charge in [0.25, 0.3) is 0 Å². The molecule has 3 heterocycles. The van der Waals surface area contributed by atoms with Crippen molar-refractivity contribution in [3.63, 3.8) is 0 Å². The van der Waals surface area contributed by atoms with E-state index in [0.717, 1.165) is 6.42 Å². The molecular formula is C24H29ClO6. The van der Waals surface area contributed by atoms with Crippen molar-refractivity contribution >= 4 is 23.4 Å². The number of methoxy groups -OCH3 is 1. The Bertz CT molecular complexity index is 946. The molecule has 168 valence electrons. The van der Waals surface area contributed by atoms with Crippen LogP contribution in [0.2, 0.25) is 0 Å². The summed E-state index contributed by atoms with van der Waals surface area (Å²) in [6, 6.07) is 0. The van der Waals surface area contributed by atoms with Gasteiger partial charge in [-0.15, -0.1) is 0 Å². The van der Waals surface area contributed by atoms with Crippen molar-refractivity contribution < 1.29 is 28.5 Å². The molecule has 0 N–H and O–H groups in total. The molecule has 7 atom stereocenters. The highest BCUT2D eigenvalue weighted by atomic mass is 35.5. The van der Waals surface area contributed by atoms with Crippen LogP contribution in [0.25, 0.3) is 0 Å². The van der Waals surface area contributed by atoms with Crippen LogP contribution in [0.3, 0.4) is 0 Å². The third kappa shape index (κ3) is 3.06. The van der Waals surface area contributed by atoms with Gasteiger partial charge in [0.1, 0.15) is 23.4 Å². The average molecular weight is 449 g/mol. The Morgan fingerprint density at radius 2 is 2.00 bits per heavy atom. The summed E-state index contributed by atoms with van der Waals surface area (Å²) in [6.07, 6.45) is 7.84. The molecule has 0 spiro atoms. The number of halogens is 1. The monoisotopic (exact) mass is 448 g/mol. The normalized spacial score (nSPS) is 40.5. The van der Waals surface area contributed by atoms with Gasteiger partial charge in [-0.25, -0.2) is 0 Å². The van der Waals surface area contributed by atoms with Gasteiger partial charge in [-0.05, 0) is 31.9 Å². The number of hydrogen-bond donors (Lipinski definition) is 0. The number of Topliss-reactive ketones (excluding diaryl/α,β-unsaturated/α-hetero) is 1. The summed E-state index contributed by atoms with van der Waals surface area (Å²) in [6.45, 7) is 9.59. The first-order valence-electron chi connectivity index (χ1n) is 10.8.